The highest BCUT2D eigenvalue weighted by atomic mass is 32.2. The molecule has 0 fully saturated rings. The topological polar surface area (TPSA) is 60.2 Å². The highest BCUT2D eigenvalue weighted by molar-refractivity contribution is 7.90. The molecule has 1 aromatic rings. The summed E-state index contributed by atoms with van der Waals surface area (Å²) in [7, 11) is -3.39. The fourth-order valence-electron chi connectivity index (χ4n) is 1.51. The van der Waals surface area contributed by atoms with Gasteiger partial charge in [-0.1, -0.05) is 6.92 Å². The van der Waals surface area contributed by atoms with Crippen LogP contribution in [0.5, 0.6) is 0 Å². The second-order valence-corrected chi connectivity index (χ2v) is 6.28. The summed E-state index contributed by atoms with van der Waals surface area (Å²) < 4.78 is 49.1. The maximum Gasteiger partial charge on any atom is 0.154 e. The first-order valence-electron chi connectivity index (χ1n) is 5.18. The van der Waals surface area contributed by atoms with Crippen molar-refractivity contribution >= 4 is 9.84 Å². The minimum absolute atomic E-state index is 0.0817. The molecular formula is C11H15F2NO2S. The molecule has 2 N–H and O–H groups in total. The van der Waals surface area contributed by atoms with E-state index in [4.69, 9.17) is 5.73 Å². The van der Waals surface area contributed by atoms with Crippen LogP contribution in [0.1, 0.15) is 12.5 Å². The summed E-state index contributed by atoms with van der Waals surface area (Å²) in [6.45, 7) is 1.97. The van der Waals surface area contributed by atoms with Crippen molar-refractivity contribution in [3.05, 3.63) is 35.4 Å². The van der Waals surface area contributed by atoms with Gasteiger partial charge >= 0.3 is 0 Å². The molecule has 0 radical (unpaired) electrons. The van der Waals surface area contributed by atoms with E-state index in [0.717, 1.165) is 12.1 Å². The van der Waals surface area contributed by atoms with Gasteiger partial charge in [0.1, 0.15) is 11.6 Å². The minimum atomic E-state index is -3.39. The van der Waals surface area contributed by atoms with Gasteiger partial charge in [-0.25, -0.2) is 17.2 Å². The summed E-state index contributed by atoms with van der Waals surface area (Å²) in [6, 6.07) is 2.75. The molecule has 0 heterocycles. The van der Waals surface area contributed by atoms with E-state index in [0.29, 0.717) is 6.07 Å². The van der Waals surface area contributed by atoms with Crippen LogP contribution in [0, 0.1) is 17.6 Å². The molecule has 0 spiro atoms. The molecule has 1 rings (SSSR count). The zero-order chi connectivity index (χ0) is 13.1. The molecule has 0 amide bonds. The average Bonchev–Trinajstić information content (AvgIpc) is 2.13. The lowest BCUT2D eigenvalue weighted by molar-refractivity contribution is 0.570. The predicted octanol–water partition coefficient (Wildman–Crippen LogP) is 1.47. The van der Waals surface area contributed by atoms with E-state index in [-0.39, 0.29) is 29.5 Å². The van der Waals surface area contributed by atoms with Crippen LogP contribution in [0.25, 0.3) is 0 Å². The fourth-order valence-corrected chi connectivity index (χ4v) is 3.30. The number of halogens is 2. The average molecular weight is 263 g/mol. The zero-order valence-electron chi connectivity index (χ0n) is 9.49. The third kappa shape index (κ3) is 4.79. The van der Waals surface area contributed by atoms with Gasteiger partial charge in [0.25, 0.3) is 0 Å². The Morgan fingerprint density at radius 1 is 1.24 bits per heavy atom. The van der Waals surface area contributed by atoms with E-state index in [9.17, 15) is 17.2 Å². The monoisotopic (exact) mass is 263 g/mol. The van der Waals surface area contributed by atoms with Crippen molar-refractivity contribution in [2.75, 3.05) is 12.3 Å². The molecule has 0 saturated carbocycles. The molecule has 0 aliphatic carbocycles. The molecule has 0 aliphatic heterocycles. The lowest BCUT2D eigenvalue weighted by atomic mass is 10.2. The summed E-state index contributed by atoms with van der Waals surface area (Å²) in [5.74, 6) is -2.17. The highest BCUT2D eigenvalue weighted by Gasteiger charge is 2.16. The molecule has 6 heteroatoms. The molecule has 0 aromatic heterocycles. The van der Waals surface area contributed by atoms with Crippen LogP contribution >= 0.6 is 0 Å². The Balaban J connectivity index is 2.83. The summed E-state index contributed by atoms with van der Waals surface area (Å²) >= 11 is 0. The van der Waals surface area contributed by atoms with E-state index in [1.165, 1.54) is 0 Å². The van der Waals surface area contributed by atoms with E-state index in [2.05, 4.69) is 0 Å². The van der Waals surface area contributed by atoms with E-state index in [1.807, 2.05) is 0 Å². The summed E-state index contributed by atoms with van der Waals surface area (Å²) in [4.78, 5) is 0. The molecule has 0 aliphatic rings. The van der Waals surface area contributed by atoms with Gasteiger partial charge in [-0.05, 0) is 30.2 Å². The first kappa shape index (κ1) is 14.1. The number of sulfone groups is 1. The Morgan fingerprint density at radius 2 is 1.76 bits per heavy atom. The van der Waals surface area contributed by atoms with Gasteiger partial charge in [-0.2, -0.15) is 0 Å². The van der Waals surface area contributed by atoms with Crippen LogP contribution in [-0.4, -0.2) is 20.7 Å². The Bertz CT molecular complexity index is 468. The van der Waals surface area contributed by atoms with Crippen molar-refractivity contribution in [3.63, 3.8) is 0 Å². The van der Waals surface area contributed by atoms with Crippen molar-refractivity contribution in [1.29, 1.82) is 0 Å². The van der Waals surface area contributed by atoms with E-state index in [1.54, 1.807) is 6.92 Å². The normalized spacial score (nSPS) is 13.6. The van der Waals surface area contributed by atoms with Gasteiger partial charge in [0.2, 0.25) is 0 Å². The summed E-state index contributed by atoms with van der Waals surface area (Å²) in [5.41, 5.74) is 5.45. The number of nitrogens with two attached hydrogens (primary N) is 1. The van der Waals surface area contributed by atoms with Crippen LogP contribution in [0.15, 0.2) is 18.2 Å². The van der Waals surface area contributed by atoms with Crippen LogP contribution in [0.4, 0.5) is 8.78 Å². The molecule has 17 heavy (non-hydrogen) atoms. The zero-order valence-corrected chi connectivity index (χ0v) is 10.3. The second-order valence-electron chi connectivity index (χ2n) is 4.17. The molecule has 1 unspecified atom stereocenters. The van der Waals surface area contributed by atoms with Gasteiger partial charge in [0, 0.05) is 6.07 Å². The number of rotatable bonds is 5. The molecule has 1 aromatic carbocycles. The van der Waals surface area contributed by atoms with Crippen molar-refractivity contribution in [2.24, 2.45) is 11.7 Å². The van der Waals surface area contributed by atoms with Gasteiger partial charge in [0.05, 0.1) is 11.5 Å². The third-order valence-corrected chi connectivity index (χ3v) is 4.10. The van der Waals surface area contributed by atoms with Crippen LogP contribution < -0.4 is 5.73 Å². The number of benzene rings is 1. The lowest BCUT2D eigenvalue weighted by Crippen LogP contribution is -2.22. The quantitative estimate of drug-likeness (QED) is 0.875. The van der Waals surface area contributed by atoms with Crippen molar-refractivity contribution in [1.82, 2.24) is 0 Å². The molecule has 0 bridgehead atoms. The number of hydrogen-bond acceptors (Lipinski definition) is 3. The Kier molecular flexibility index (Phi) is 4.59. The Morgan fingerprint density at radius 3 is 2.24 bits per heavy atom. The number of hydrogen-bond donors (Lipinski definition) is 1. The SMILES string of the molecule is CC(CN)CS(=O)(=O)Cc1cc(F)cc(F)c1. The molecule has 96 valence electrons. The first-order chi connectivity index (χ1) is 7.82. The van der Waals surface area contributed by atoms with E-state index >= 15 is 0 Å². The Hall–Kier alpha value is -1.01. The molecule has 0 saturated heterocycles. The summed E-state index contributed by atoms with van der Waals surface area (Å²) in [5, 5.41) is 0. The lowest BCUT2D eigenvalue weighted by Gasteiger charge is -2.09. The van der Waals surface area contributed by atoms with Crippen molar-refractivity contribution < 1.29 is 17.2 Å². The van der Waals surface area contributed by atoms with Crippen LogP contribution in [0.3, 0.4) is 0 Å². The second kappa shape index (κ2) is 5.55. The van der Waals surface area contributed by atoms with Crippen molar-refractivity contribution in [2.45, 2.75) is 12.7 Å². The predicted molar refractivity (Wildman–Crippen MR) is 62.1 cm³/mol. The third-order valence-electron chi connectivity index (χ3n) is 2.25. The maximum atomic E-state index is 12.9. The van der Waals surface area contributed by atoms with Gasteiger partial charge in [0.15, 0.2) is 9.84 Å². The first-order valence-corrected chi connectivity index (χ1v) is 7.00. The Labute approximate surface area is 99.6 Å². The van der Waals surface area contributed by atoms with Crippen LogP contribution in [-0.2, 0) is 15.6 Å². The molecule has 1 atom stereocenters. The largest absolute Gasteiger partial charge is 0.330 e. The van der Waals surface area contributed by atoms with Gasteiger partial charge < -0.3 is 5.73 Å². The smallest absolute Gasteiger partial charge is 0.154 e. The molecular weight excluding hydrogens is 248 g/mol. The molecule has 3 nitrogen and oxygen atoms in total. The standard InChI is InChI=1S/C11H15F2NO2S/c1-8(5-14)6-17(15,16)7-9-2-10(12)4-11(13)3-9/h2-4,8H,5-7,14H2,1H3. The van der Waals surface area contributed by atoms with Gasteiger partial charge in [-0.3, -0.25) is 0 Å². The van der Waals surface area contributed by atoms with Gasteiger partial charge in [-0.15, -0.1) is 0 Å². The van der Waals surface area contributed by atoms with E-state index < -0.39 is 21.5 Å². The maximum absolute atomic E-state index is 12.9. The van der Waals surface area contributed by atoms with Crippen LogP contribution in [0.2, 0.25) is 0 Å². The summed E-state index contributed by atoms with van der Waals surface area (Å²) in [6.07, 6.45) is 0. The van der Waals surface area contributed by atoms with Crippen molar-refractivity contribution in [3.8, 4) is 0 Å². The minimum Gasteiger partial charge on any atom is -0.330 e. The highest BCUT2D eigenvalue weighted by Crippen LogP contribution is 2.13. The fraction of sp³-hybridized carbons (Fsp3) is 0.455.